The molecule has 0 aromatic rings. The first-order valence-corrected chi connectivity index (χ1v) is 3.21. The summed E-state index contributed by atoms with van der Waals surface area (Å²) in [6.07, 6.45) is 10.5. The predicted octanol–water partition coefficient (Wildman–Crippen LogP) is 2.13. The van der Waals surface area contributed by atoms with Crippen LogP contribution in [0, 0.1) is 0 Å². The lowest BCUT2D eigenvalue weighted by atomic mass is 10.3. The first kappa shape index (κ1) is 6.43. The highest BCUT2D eigenvalue weighted by Gasteiger charge is 1.84. The zero-order chi connectivity index (χ0) is 6.53. The summed E-state index contributed by atoms with van der Waals surface area (Å²) in [5, 5.41) is 3.57. The maximum Gasteiger partial charge on any atom is 0.102 e. The molecule has 1 aliphatic rings. The molecule has 1 aliphatic heterocycles. The summed E-state index contributed by atoms with van der Waals surface area (Å²) in [4.78, 5) is 0. The van der Waals surface area contributed by atoms with Gasteiger partial charge in [-0.1, -0.05) is 23.8 Å². The van der Waals surface area contributed by atoms with Crippen molar-refractivity contribution in [1.82, 2.24) is 5.32 Å². The van der Waals surface area contributed by atoms with Gasteiger partial charge >= 0.3 is 0 Å². The fraction of sp³-hybridized carbons (Fsp3) is 0.143. The van der Waals surface area contributed by atoms with Gasteiger partial charge in [-0.25, -0.2) is 0 Å². The van der Waals surface area contributed by atoms with Crippen LogP contribution in [-0.4, -0.2) is 0 Å². The van der Waals surface area contributed by atoms with Gasteiger partial charge in [0, 0.05) is 6.20 Å². The number of hydrogen-bond donors (Lipinski definition) is 1. The smallest absolute Gasteiger partial charge is 0.102 e. The lowest BCUT2D eigenvalue weighted by Gasteiger charge is -1.96. The number of rotatable bonds is 0. The number of halogens is 1. The Hall–Kier alpha value is -0.690. The lowest BCUT2D eigenvalue weighted by molar-refractivity contribution is 1.13. The summed E-state index contributed by atoms with van der Waals surface area (Å²) in [6, 6.07) is 0. The number of allylic oxidation sites excluding steroid dienone is 4. The fourth-order valence-electron chi connectivity index (χ4n) is 0.571. The molecule has 0 saturated heterocycles. The van der Waals surface area contributed by atoms with Gasteiger partial charge in [-0.2, -0.15) is 0 Å². The third kappa shape index (κ3) is 2.38. The molecule has 48 valence electrons. The molecular formula is C7H8ClN. The number of nitrogens with one attached hydrogen (secondary N) is 1. The molecule has 9 heavy (non-hydrogen) atoms. The van der Waals surface area contributed by atoms with Crippen molar-refractivity contribution in [3.05, 3.63) is 35.7 Å². The Labute approximate surface area is 59.7 Å². The molecule has 0 unspecified atom stereocenters. The molecular weight excluding hydrogens is 134 g/mol. The fourth-order valence-corrected chi connectivity index (χ4v) is 0.723. The third-order valence-electron chi connectivity index (χ3n) is 0.998. The highest BCUT2D eigenvalue weighted by atomic mass is 35.5. The number of hydrogen-bond acceptors (Lipinski definition) is 1. The Morgan fingerprint density at radius 3 is 3.22 bits per heavy atom. The van der Waals surface area contributed by atoms with Crippen LogP contribution in [0.2, 0.25) is 0 Å². The third-order valence-corrected chi connectivity index (χ3v) is 1.26. The first-order chi connectivity index (χ1) is 4.39. The molecule has 0 aromatic heterocycles. The van der Waals surface area contributed by atoms with Crippen molar-refractivity contribution in [1.29, 1.82) is 0 Å². The average Bonchev–Trinajstić information content (AvgIpc) is 1.79. The Balaban J connectivity index is 2.61. The van der Waals surface area contributed by atoms with Crippen LogP contribution in [0.15, 0.2) is 35.7 Å². The minimum atomic E-state index is 0.690. The van der Waals surface area contributed by atoms with Gasteiger partial charge in [0.1, 0.15) is 5.16 Å². The van der Waals surface area contributed by atoms with Crippen molar-refractivity contribution in [2.24, 2.45) is 0 Å². The maximum absolute atomic E-state index is 5.66. The molecule has 0 amide bonds. The van der Waals surface area contributed by atoms with E-state index in [1.54, 1.807) is 6.20 Å². The van der Waals surface area contributed by atoms with E-state index < -0.39 is 0 Å². The molecule has 0 bridgehead atoms. The quantitative estimate of drug-likeness (QED) is 0.510. The van der Waals surface area contributed by atoms with Gasteiger partial charge in [-0.15, -0.1) is 0 Å². The molecule has 1 nitrogen and oxygen atoms in total. The van der Waals surface area contributed by atoms with Gasteiger partial charge in [0.25, 0.3) is 0 Å². The largest absolute Gasteiger partial charge is 0.353 e. The average molecular weight is 142 g/mol. The van der Waals surface area contributed by atoms with Gasteiger partial charge in [0.05, 0.1) is 0 Å². The SMILES string of the molecule is ClC1=CCC=CC=CN1. The van der Waals surface area contributed by atoms with Gasteiger partial charge in [0.15, 0.2) is 0 Å². The van der Waals surface area contributed by atoms with Crippen LogP contribution in [0.3, 0.4) is 0 Å². The van der Waals surface area contributed by atoms with Crippen LogP contribution in [0.1, 0.15) is 6.42 Å². The van der Waals surface area contributed by atoms with E-state index >= 15 is 0 Å². The van der Waals surface area contributed by atoms with Crippen molar-refractivity contribution in [3.63, 3.8) is 0 Å². The summed E-state index contributed by atoms with van der Waals surface area (Å²) in [6.45, 7) is 0. The first-order valence-electron chi connectivity index (χ1n) is 2.83. The van der Waals surface area contributed by atoms with Gasteiger partial charge < -0.3 is 5.32 Å². The van der Waals surface area contributed by atoms with Crippen molar-refractivity contribution < 1.29 is 0 Å². The van der Waals surface area contributed by atoms with Crippen LogP contribution in [0.4, 0.5) is 0 Å². The van der Waals surface area contributed by atoms with E-state index in [-0.39, 0.29) is 0 Å². The van der Waals surface area contributed by atoms with Crippen LogP contribution in [-0.2, 0) is 0 Å². The molecule has 0 atom stereocenters. The Bertz CT molecular complexity index is 168. The zero-order valence-electron chi connectivity index (χ0n) is 4.97. The van der Waals surface area contributed by atoms with Crippen LogP contribution >= 0.6 is 11.6 Å². The molecule has 0 fully saturated rings. The molecule has 1 N–H and O–H groups in total. The minimum absolute atomic E-state index is 0.690. The highest BCUT2D eigenvalue weighted by molar-refractivity contribution is 6.29. The Morgan fingerprint density at radius 1 is 1.44 bits per heavy atom. The summed E-state index contributed by atoms with van der Waals surface area (Å²) < 4.78 is 0. The lowest BCUT2D eigenvalue weighted by Crippen LogP contribution is -1.98. The predicted molar refractivity (Wildman–Crippen MR) is 40.0 cm³/mol. The Kier molecular flexibility index (Phi) is 2.40. The second-order valence-corrected chi connectivity index (χ2v) is 2.13. The second-order valence-electron chi connectivity index (χ2n) is 1.72. The standard InChI is InChI=1S/C7H8ClN/c8-7-5-3-1-2-4-6-9-7/h1-2,4-6,9H,3H2. The highest BCUT2D eigenvalue weighted by Crippen LogP contribution is 2.00. The van der Waals surface area contributed by atoms with E-state index in [2.05, 4.69) is 5.32 Å². The van der Waals surface area contributed by atoms with Crippen LogP contribution in [0.25, 0.3) is 0 Å². The van der Waals surface area contributed by atoms with Gasteiger partial charge in [-0.3, -0.25) is 0 Å². The summed E-state index contributed by atoms with van der Waals surface area (Å²) in [5.41, 5.74) is 0. The zero-order valence-corrected chi connectivity index (χ0v) is 5.73. The Morgan fingerprint density at radius 2 is 2.33 bits per heavy atom. The summed E-state index contributed by atoms with van der Waals surface area (Å²) in [7, 11) is 0. The summed E-state index contributed by atoms with van der Waals surface area (Å²) in [5.74, 6) is 0. The maximum atomic E-state index is 5.66. The van der Waals surface area contributed by atoms with Crippen molar-refractivity contribution in [3.8, 4) is 0 Å². The van der Waals surface area contributed by atoms with Crippen molar-refractivity contribution in [2.45, 2.75) is 6.42 Å². The van der Waals surface area contributed by atoms with E-state index in [1.165, 1.54) is 0 Å². The molecule has 0 spiro atoms. The van der Waals surface area contributed by atoms with Crippen LogP contribution < -0.4 is 5.32 Å². The topological polar surface area (TPSA) is 12.0 Å². The van der Waals surface area contributed by atoms with E-state index in [1.807, 2.05) is 24.3 Å². The minimum Gasteiger partial charge on any atom is -0.353 e. The van der Waals surface area contributed by atoms with Crippen molar-refractivity contribution in [2.75, 3.05) is 0 Å². The molecule has 0 aromatic carbocycles. The van der Waals surface area contributed by atoms with E-state index in [0.717, 1.165) is 6.42 Å². The molecule has 0 radical (unpaired) electrons. The summed E-state index contributed by atoms with van der Waals surface area (Å²) >= 11 is 5.66. The van der Waals surface area contributed by atoms with E-state index in [4.69, 9.17) is 11.6 Å². The monoisotopic (exact) mass is 141 g/mol. The molecule has 2 heteroatoms. The van der Waals surface area contributed by atoms with E-state index in [0.29, 0.717) is 5.16 Å². The van der Waals surface area contributed by atoms with Gasteiger partial charge in [-0.05, 0) is 18.6 Å². The molecule has 0 aliphatic carbocycles. The second kappa shape index (κ2) is 3.36. The van der Waals surface area contributed by atoms with Gasteiger partial charge in [0.2, 0.25) is 0 Å². The van der Waals surface area contributed by atoms with Crippen LogP contribution in [0.5, 0.6) is 0 Å². The molecule has 0 saturated carbocycles. The molecule has 1 rings (SSSR count). The van der Waals surface area contributed by atoms with E-state index in [9.17, 15) is 0 Å². The van der Waals surface area contributed by atoms with Crippen molar-refractivity contribution >= 4 is 11.6 Å². The normalized spacial score (nSPS) is 17.7. The molecule has 1 heterocycles.